The largest absolute Gasteiger partial charge is 0.480 e. The number of nitrogens with two attached hydrogens (primary N) is 1. The summed E-state index contributed by atoms with van der Waals surface area (Å²) >= 11 is 0. The Morgan fingerprint density at radius 3 is 2.40 bits per heavy atom. The third-order valence-electron chi connectivity index (χ3n) is 2.75. The Bertz CT molecular complexity index is 205. The first-order valence-electron chi connectivity index (χ1n) is 5.58. The maximum Gasteiger partial charge on any atom is 0.324 e. The van der Waals surface area contributed by atoms with Gasteiger partial charge >= 0.3 is 5.97 Å². The molecule has 0 rings (SSSR count). The highest BCUT2D eigenvalue weighted by Crippen LogP contribution is 2.08. The van der Waals surface area contributed by atoms with Gasteiger partial charge in [0.2, 0.25) is 0 Å². The van der Waals surface area contributed by atoms with E-state index in [0.717, 1.165) is 19.5 Å². The van der Waals surface area contributed by atoms with Crippen molar-refractivity contribution in [3.8, 4) is 0 Å². The molecular weight excluding hydrogens is 192 g/mol. The van der Waals surface area contributed by atoms with Crippen molar-refractivity contribution in [2.45, 2.75) is 39.7 Å². The number of carboxylic acid groups (broad SMARTS) is 1. The van der Waals surface area contributed by atoms with Crippen molar-refractivity contribution >= 4 is 5.97 Å². The van der Waals surface area contributed by atoms with E-state index in [4.69, 9.17) is 10.8 Å². The molecule has 0 spiro atoms. The molecule has 0 saturated heterocycles. The van der Waals surface area contributed by atoms with Crippen molar-refractivity contribution in [2.24, 2.45) is 11.7 Å². The summed E-state index contributed by atoms with van der Waals surface area (Å²) in [6.07, 6.45) is 1.10. The molecule has 0 aromatic heterocycles. The van der Waals surface area contributed by atoms with Gasteiger partial charge in [-0.2, -0.15) is 0 Å². The highest BCUT2D eigenvalue weighted by atomic mass is 16.4. The Morgan fingerprint density at radius 1 is 1.53 bits per heavy atom. The van der Waals surface area contributed by atoms with Crippen LogP contribution in [-0.2, 0) is 4.79 Å². The van der Waals surface area contributed by atoms with Crippen molar-refractivity contribution in [3.05, 3.63) is 0 Å². The second-order valence-corrected chi connectivity index (χ2v) is 4.56. The standard InChI is InChI=1S/C11H24N2O2/c1-5-9(3)7-13(6-2)8-11(4,12)10(14)15/h9H,5-8,12H2,1-4H3,(H,14,15). The maximum atomic E-state index is 10.9. The van der Waals surface area contributed by atoms with Gasteiger partial charge in [0.15, 0.2) is 0 Å². The average molecular weight is 216 g/mol. The Kier molecular flexibility index (Phi) is 5.83. The molecule has 2 unspecified atom stereocenters. The zero-order valence-corrected chi connectivity index (χ0v) is 10.3. The summed E-state index contributed by atoms with van der Waals surface area (Å²) in [5.74, 6) is -0.361. The van der Waals surface area contributed by atoms with Crippen LogP contribution in [0.5, 0.6) is 0 Å². The van der Waals surface area contributed by atoms with Gasteiger partial charge in [-0.15, -0.1) is 0 Å². The van der Waals surface area contributed by atoms with Gasteiger partial charge < -0.3 is 15.7 Å². The Hall–Kier alpha value is -0.610. The number of likely N-dealkylation sites (N-methyl/N-ethyl adjacent to an activating group) is 1. The number of hydrogen-bond donors (Lipinski definition) is 2. The lowest BCUT2D eigenvalue weighted by Crippen LogP contribution is -2.54. The molecule has 0 saturated carbocycles. The van der Waals surface area contributed by atoms with E-state index in [1.165, 1.54) is 0 Å². The molecule has 0 aromatic carbocycles. The molecule has 0 radical (unpaired) electrons. The SMILES string of the molecule is CCC(C)CN(CC)CC(C)(N)C(=O)O. The molecule has 90 valence electrons. The first-order chi connectivity index (χ1) is 6.83. The van der Waals surface area contributed by atoms with Gasteiger partial charge in [0.25, 0.3) is 0 Å². The molecule has 4 heteroatoms. The van der Waals surface area contributed by atoms with Gasteiger partial charge in [0.05, 0.1) is 0 Å². The molecule has 0 bridgehead atoms. The number of carbonyl (C=O) groups is 1. The van der Waals surface area contributed by atoms with E-state index in [1.807, 2.05) is 6.92 Å². The molecule has 2 atom stereocenters. The third kappa shape index (κ3) is 5.14. The molecule has 0 fully saturated rings. The molecule has 0 aromatic rings. The van der Waals surface area contributed by atoms with Gasteiger partial charge in [0.1, 0.15) is 5.54 Å². The van der Waals surface area contributed by atoms with Crippen molar-refractivity contribution in [2.75, 3.05) is 19.6 Å². The molecule has 0 aliphatic rings. The Balaban J connectivity index is 4.26. The summed E-state index contributed by atoms with van der Waals surface area (Å²) in [7, 11) is 0. The van der Waals surface area contributed by atoms with Gasteiger partial charge in [-0.3, -0.25) is 4.79 Å². The van der Waals surface area contributed by atoms with Crippen molar-refractivity contribution < 1.29 is 9.90 Å². The molecule has 0 aliphatic carbocycles. The fraction of sp³-hybridized carbons (Fsp3) is 0.909. The van der Waals surface area contributed by atoms with Crippen molar-refractivity contribution in [1.29, 1.82) is 0 Å². The summed E-state index contributed by atoms with van der Waals surface area (Å²) < 4.78 is 0. The van der Waals surface area contributed by atoms with Gasteiger partial charge in [-0.1, -0.05) is 27.2 Å². The summed E-state index contributed by atoms with van der Waals surface area (Å²) in [5, 5.41) is 8.93. The molecule has 0 amide bonds. The third-order valence-corrected chi connectivity index (χ3v) is 2.75. The van der Waals surface area contributed by atoms with E-state index in [9.17, 15) is 4.79 Å². The van der Waals surface area contributed by atoms with Crippen LogP contribution in [-0.4, -0.2) is 41.1 Å². The van der Waals surface area contributed by atoms with Crippen LogP contribution in [0.15, 0.2) is 0 Å². The molecule has 3 N–H and O–H groups in total. The fourth-order valence-corrected chi connectivity index (χ4v) is 1.41. The lowest BCUT2D eigenvalue weighted by molar-refractivity contribution is -0.143. The van der Waals surface area contributed by atoms with Crippen molar-refractivity contribution in [1.82, 2.24) is 4.90 Å². The molecule has 15 heavy (non-hydrogen) atoms. The number of carboxylic acids is 1. The first-order valence-corrected chi connectivity index (χ1v) is 5.58. The van der Waals surface area contributed by atoms with E-state index in [2.05, 4.69) is 18.7 Å². The fourth-order valence-electron chi connectivity index (χ4n) is 1.41. The smallest absolute Gasteiger partial charge is 0.324 e. The van der Waals surface area contributed by atoms with Crippen LogP contribution in [0, 0.1) is 5.92 Å². The summed E-state index contributed by atoms with van der Waals surface area (Å²) in [4.78, 5) is 13.0. The van der Waals surface area contributed by atoms with Crippen LogP contribution in [0.4, 0.5) is 0 Å². The van der Waals surface area contributed by atoms with Crippen LogP contribution in [0.1, 0.15) is 34.1 Å². The minimum atomic E-state index is -1.15. The van der Waals surface area contributed by atoms with E-state index in [0.29, 0.717) is 12.5 Å². The molecule has 0 aliphatic heterocycles. The predicted octanol–water partition coefficient (Wildman–Crippen LogP) is 1.16. The highest BCUT2D eigenvalue weighted by molar-refractivity contribution is 5.78. The van der Waals surface area contributed by atoms with E-state index in [1.54, 1.807) is 6.92 Å². The lowest BCUT2D eigenvalue weighted by Gasteiger charge is -2.30. The minimum absolute atomic E-state index is 0.406. The maximum absolute atomic E-state index is 10.9. The normalized spacial score (nSPS) is 17.5. The summed E-state index contributed by atoms with van der Waals surface area (Å²) in [6.45, 7) is 10.0. The summed E-state index contributed by atoms with van der Waals surface area (Å²) in [5.41, 5.74) is 4.56. The van der Waals surface area contributed by atoms with E-state index in [-0.39, 0.29) is 0 Å². The lowest BCUT2D eigenvalue weighted by atomic mass is 10.0. The molecule has 4 nitrogen and oxygen atoms in total. The predicted molar refractivity (Wildman–Crippen MR) is 61.8 cm³/mol. The zero-order chi connectivity index (χ0) is 12.1. The first kappa shape index (κ1) is 14.4. The Labute approximate surface area is 92.4 Å². The molecule has 0 heterocycles. The summed E-state index contributed by atoms with van der Waals surface area (Å²) in [6, 6.07) is 0. The quantitative estimate of drug-likeness (QED) is 0.670. The average Bonchev–Trinajstić information content (AvgIpc) is 2.15. The second-order valence-electron chi connectivity index (χ2n) is 4.56. The second kappa shape index (κ2) is 6.08. The van der Waals surface area contributed by atoms with Crippen molar-refractivity contribution in [3.63, 3.8) is 0 Å². The van der Waals surface area contributed by atoms with Gasteiger partial charge in [-0.25, -0.2) is 0 Å². The van der Waals surface area contributed by atoms with E-state index < -0.39 is 11.5 Å². The van der Waals surface area contributed by atoms with Crippen LogP contribution >= 0.6 is 0 Å². The number of hydrogen-bond acceptors (Lipinski definition) is 3. The Morgan fingerprint density at radius 2 is 2.07 bits per heavy atom. The van der Waals surface area contributed by atoms with Gasteiger partial charge in [-0.05, 0) is 19.4 Å². The van der Waals surface area contributed by atoms with Gasteiger partial charge in [0, 0.05) is 13.1 Å². The zero-order valence-electron chi connectivity index (χ0n) is 10.3. The van der Waals surface area contributed by atoms with Crippen LogP contribution < -0.4 is 5.73 Å². The van der Waals surface area contributed by atoms with E-state index >= 15 is 0 Å². The molecular formula is C11H24N2O2. The number of rotatable bonds is 7. The highest BCUT2D eigenvalue weighted by Gasteiger charge is 2.30. The number of nitrogens with zero attached hydrogens (tertiary/aromatic N) is 1. The monoisotopic (exact) mass is 216 g/mol. The van der Waals surface area contributed by atoms with Crippen LogP contribution in [0.3, 0.4) is 0 Å². The van der Waals surface area contributed by atoms with Crippen LogP contribution in [0.25, 0.3) is 0 Å². The minimum Gasteiger partial charge on any atom is -0.480 e. The topological polar surface area (TPSA) is 66.6 Å². The number of aliphatic carboxylic acids is 1. The van der Waals surface area contributed by atoms with Crippen LogP contribution in [0.2, 0.25) is 0 Å².